The molecule has 1 heterocycles. The molecule has 0 fully saturated rings. The fourth-order valence-electron chi connectivity index (χ4n) is 1.51. The van der Waals surface area contributed by atoms with Crippen LogP contribution in [-0.2, 0) is 0 Å². The third kappa shape index (κ3) is 3.45. The van der Waals surface area contributed by atoms with E-state index in [-0.39, 0.29) is 5.54 Å². The van der Waals surface area contributed by atoms with Gasteiger partial charge in [0.25, 0.3) is 0 Å². The molecule has 0 saturated heterocycles. The van der Waals surface area contributed by atoms with Crippen LogP contribution in [0.25, 0.3) is 0 Å². The summed E-state index contributed by atoms with van der Waals surface area (Å²) in [5.74, 6) is 0. The number of pyridine rings is 1. The highest BCUT2D eigenvalue weighted by Crippen LogP contribution is 2.18. The van der Waals surface area contributed by atoms with Gasteiger partial charge in [0.2, 0.25) is 0 Å². The molecule has 0 radical (unpaired) electrons. The lowest BCUT2D eigenvalue weighted by molar-refractivity contribution is 0.511. The second kappa shape index (κ2) is 4.26. The van der Waals surface area contributed by atoms with Gasteiger partial charge < -0.3 is 5.32 Å². The zero-order valence-electron chi connectivity index (χ0n) is 8.67. The van der Waals surface area contributed by atoms with Crippen molar-refractivity contribution in [1.82, 2.24) is 4.98 Å². The van der Waals surface area contributed by atoms with Crippen LogP contribution in [-0.4, -0.2) is 10.5 Å². The normalized spacial score (nSPS) is 11.3. The van der Waals surface area contributed by atoms with Crippen LogP contribution in [0.15, 0.2) is 24.5 Å². The molecule has 0 bridgehead atoms. The maximum absolute atomic E-state index is 3.98. The van der Waals surface area contributed by atoms with Gasteiger partial charge in [-0.3, -0.25) is 4.98 Å². The number of rotatable bonds is 4. The zero-order valence-corrected chi connectivity index (χ0v) is 8.67. The van der Waals surface area contributed by atoms with Crippen molar-refractivity contribution < 1.29 is 0 Å². The van der Waals surface area contributed by atoms with Gasteiger partial charge in [-0.1, -0.05) is 13.3 Å². The van der Waals surface area contributed by atoms with E-state index in [9.17, 15) is 0 Å². The lowest BCUT2D eigenvalue weighted by Crippen LogP contribution is -2.30. The van der Waals surface area contributed by atoms with Gasteiger partial charge in [0.1, 0.15) is 0 Å². The molecule has 0 unspecified atom stereocenters. The Bertz CT molecular complexity index is 242. The van der Waals surface area contributed by atoms with Crippen molar-refractivity contribution in [2.75, 3.05) is 5.32 Å². The minimum absolute atomic E-state index is 0.177. The fraction of sp³-hybridized carbons (Fsp3) is 0.545. The van der Waals surface area contributed by atoms with Gasteiger partial charge in [0, 0.05) is 23.6 Å². The molecule has 0 aliphatic rings. The highest BCUT2D eigenvalue weighted by atomic mass is 15.0. The van der Waals surface area contributed by atoms with Gasteiger partial charge in [0.05, 0.1) is 0 Å². The molecule has 0 aliphatic heterocycles. The first-order valence-electron chi connectivity index (χ1n) is 4.82. The highest BCUT2D eigenvalue weighted by molar-refractivity contribution is 5.43. The third-order valence-corrected chi connectivity index (χ3v) is 2.04. The summed E-state index contributed by atoms with van der Waals surface area (Å²) in [6.45, 7) is 6.64. The Kier molecular flexibility index (Phi) is 3.29. The predicted octanol–water partition coefficient (Wildman–Crippen LogP) is 3.07. The molecule has 2 heteroatoms. The SMILES string of the molecule is CCCC(C)(C)Nc1ccncc1. The van der Waals surface area contributed by atoms with Crippen molar-refractivity contribution in [3.8, 4) is 0 Å². The Morgan fingerprint density at radius 3 is 2.46 bits per heavy atom. The Labute approximate surface area is 80.4 Å². The Hall–Kier alpha value is -1.05. The first-order chi connectivity index (χ1) is 6.14. The lowest BCUT2D eigenvalue weighted by Gasteiger charge is -2.26. The first-order valence-corrected chi connectivity index (χ1v) is 4.82. The van der Waals surface area contributed by atoms with E-state index in [1.807, 2.05) is 24.5 Å². The molecule has 0 atom stereocenters. The van der Waals surface area contributed by atoms with Gasteiger partial charge in [-0.15, -0.1) is 0 Å². The molecule has 13 heavy (non-hydrogen) atoms. The molecule has 1 N–H and O–H groups in total. The minimum Gasteiger partial charge on any atom is -0.380 e. The van der Waals surface area contributed by atoms with Crippen LogP contribution in [0.1, 0.15) is 33.6 Å². The quantitative estimate of drug-likeness (QED) is 0.766. The van der Waals surface area contributed by atoms with Gasteiger partial charge in [-0.25, -0.2) is 0 Å². The van der Waals surface area contributed by atoms with Crippen molar-refractivity contribution in [3.63, 3.8) is 0 Å². The van der Waals surface area contributed by atoms with Gasteiger partial charge >= 0.3 is 0 Å². The molecule has 1 rings (SSSR count). The van der Waals surface area contributed by atoms with Crippen LogP contribution in [0, 0.1) is 0 Å². The molecule has 2 nitrogen and oxygen atoms in total. The number of aromatic nitrogens is 1. The van der Waals surface area contributed by atoms with E-state index < -0.39 is 0 Å². The molecule has 0 aliphatic carbocycles. The largest absolute Gasteiger partial charge is 0.380 e. The van der Waals surface area contributed by atoms with Crippen LogP contribution in [0.2, 0.25) is 0 Å². The van der Waals surface area contributed by atoms with Gasteiger partial charge in [-0.05, 0) is 32.4 Å². The summed E-state index contributed by atoms with van der Waals surface area (Å²) in [5.41, 5.74) is 1.32. The molecule has 0 amide bonds. The van der Waals surface area contributed by atoms with Crippen LogP contribution in [0.4, 0.5) is 5.69 Å². The topological polar surface area (TPSA) is 24.9 Å². The molecule has 0 spiro atoms. The van der Waals surface area contributed by atoms with Crippen molar-refractivity contribution in [3.05, 3.63) is 24.5 Å². The average Bonchev–Trinajstić information content (AvgIpc) is 2.04. The number of hydrogen-bond donors (Lipinski definition) is 1. The summed E-state index contributed by atoms with van der Waals surface area (Å²) in [4.78, 5) is 3.98. The summed E-state index contributed by atoms with van der Waals surface area (Å²) in [7, 11) is 0. The molecule has 0 aromatic carbocycles. The van der Waals surface area contributed by atoms with Crippen molar-refractivity contribution in [2.24, 2.45) is 0 Å². The Balaban J connectivity index is 2.58. The summed E-state index contributed by atoms with van der Waals surface area (Å²) in [5, 5.41) is 3.48. The number of nitrogens with one attached hydrogen (secondary N) is 1. The second-order valence-electron chi connectivity index (χ2n) is 3.99. The van der Waals surface area contributed by atoms with Crippen molar-refractivity contribution in [1.29, 1.82) is 0 Å². The highest BCUT2D eigenvalue weighted by Gasteiger charge is 2.15. The maximum Gasteiger partial charge on any atom is 0.0375 e. The van der Waals surface area contributed by atoms with E-state index in [1.165, 1.54) is 12.8 Å². The summed E-state index contributed by atoms with van der Waals surface area (Å²) in [6, 6.07) is 3.99. The van der Waals surface area contributed by atoms with E-state index >= 15 is 0 Å². The van der Waals surface area contributed by atoms with E-state index in [4.69, 9.17) is 0 Å². The van der Waals surface area contributed by atoms with E-state index in [2.05, 4.69) is 31.1 Å². The molecule has 0 saturated carbocycles. The molecule has 1 aromatic heterocycles. The third-order valence-electron chi connectivity index (χ3n) is 2.04. The summed E-state index contributed by atoms with van der Waals surface area (Å²) < 4.78 is 0. The molecule has 72 valence electrons. The van der Waals surface area contributed by atoms with Crippen LogP contribution >= 0.6 is 0 Å². The summed E-state index contributed by atoms with van der Waals surface area (Å²) in [6.07, 6.45) is 6.00. The van der Waals surface area contributed by atoms with Crippen LogP contribution in [0.5, 0.6) is 0 Å². The van der Waals surface area contributed by atoms with E-state index in [1.54, 1.807) is 0 Å². The van der Waals surface area contributed by atoms with E-state index in [0.717, 1.165) is 5.69 Å². The van der Waals surface area contributed by atoms with Crippen LogP contribution in [0.3, 0.4) is 0 Å². The van der Waals surface area contributed by atoms with E-state index in [0.29, 0.717) is 0 Å². The number of hydrogen-bond acceptors (Lipinski definition) is 2. The van der Waals surface area contributed by atoms with Gasteiger partial charge in [-0.2, -0.15) is 0 Å². The molecular formula is C11H18N2. The smallest absolute Gasteiger partial charge is 0.0375 e. The van der Waals surface area contributed by atoms with Crippen molar-refractivity contribution in [2.45, 2.75) is 39.2 Å². The molecular weight excluding hydrogens is 160 g/mol. The standard InChI is InChI=1S/C11H18N2/c1-4-7-11(2,3)13-10-5-8-12-9-6-10/h5-6,8-9H,4,7H2,1-3H3,(H,12,13). The minimum atomic E-state index is 0.177. The first kappa shape index (κ1) is 10.0. The summed E-state index contributed by atoms with van der Waals surface area (Å²) >= 11 is 0. The Morgan fingerprint density at radius 2 is 1.92 bits per heavy atom. The fourth-order valence-corrected chi connectivity index (χ4v) is 1.51. The second-order valence-corrected chi connectivity index (χ2v) is 3.99. The predicted molar refractivity (Wildman–Crippen MR) is 56.8 cm³/mol. The Morgan fingerprint density at radius 1 is 1.31 bits per heavy atom. The zero-order chi connectivity index (χ0) is 9.73. The average molecular weight is 178 g/mol. The maximum atomic E-state index is 3.98. The number of anilines is 1. The van der Waals surface area contributed by atoms with Crippen molar-refractivity contribution >= 4 is 5.69 Å². The van der Waals surface area contributed by atoms with Gasteiger partial charge in [0.15, 0.2) is 0 Å². The monoisotopic (exact) mass is 178 g/mol. The lowest BCUT2D eigenvalue weighted by atomic mass is 9.99. The van der Waals surface area contributed by atoms with Crippen LogP contribution < -0.4 is 5.32 Å². The molecule has 1 aromatic rings. The number of nitrogens with zero attached hydrogens (tertiary/aromatic N) is 1.